The maximum absolute atomic E-state index is 13.9. The fourth-order valence-electron chi connectivity index (χ4n) is 8.57. The second kappa shape index (κ2) is 15.0. The zero-order valence-electron chi connectivity index (χ0n) is 31.1. The van der Waals surface area contributed by atoms with Gasteiger partial charge in [0.1, 0.15) is 0 Å². The van der Waals surface area contributed by atoms with E-state index in [1.54, 1.807) is 58.3 Å². The van der Waals surface area contributed by atoms with Gasteiger partial charge >= 0.3 is 12.2 Å². The van der Waals surface area contributed by atoms with Gasteiger partial charge in [-0.1, -0.05) is 66.7 Å². The summed E-state index contributed by atoms with van der Waals surface area (Å²) in [5, 5.41) is 3.00. The molecule has 0 aliphatic carbocycles. The number of carbonyl (C=O) groups is 4. The largest absolute Gasteiger partial charge is 0.431 e. The van der Waals surface area contributed by atoms with Gasteiger partial charge in [-0.2, -0.15) is 0 Å². The Bertz CT molecular complexity index is 2480. The zero-order valence-corrected chi connectivity index (χ0v) is 31.1. The summed E-state index contributed by atoms with van der Waals surface area (Å²) < 4.78 is 10.7. The van der Waals surface area contributed by atoms with Crippen LogP contribution < -0.4 is 32.9 Å². The van der Waals surface area contributed by atoms with Crippen LogP contribution in [0.25, 0.3) is 11.1 Å². The van der Waals surface area contributed by atoms with Gasteiger partial charge in [0.25, 0.3) is 11.8 Å². The molecule has 0 aromatic heterocycles. The molecule has 0 radical (unpaired) electrons. The Morgan fingerprint density at radius 3 is 1.68 bits per heavy atom. The van der Waals surface area contributed by atoms with Crippen LogP contribution in [0.15, 0.2) is 105 Å². The molecule has 4 N–H and O–H groups in total. The summed E-state index contributed by atoms with van der Waals surface area (Å²) in [4.78, 5) is 74.9. The van der Waals surface area contributed by atoms with Gasteiger partial charge in [0.2, 0.25) is 12.2 Å². The quantitative estimate of drug-likeness (QED) is 0.264. The second-order valence-electron chi connectivity index (χ2n) is 14.5. The topological polar surface area (TPSA) is 195 Å². The van der Waals surface area contributed by atoms with Gasteiger partial charge in [0.05, 0.1) is 33.5 Å². The average Bonchev–Trinajstić information content (AvgIpc) is 4.02. The smallest absolute Gasteiger partial charge is 0.405 e. The molecule has 4 unspecified atom stereocenters. The van der Waals surface area contributed by atoms with Crippen molar-refractivity contribution in [1.82, 2.24) is 9.80 Å². The van der Waals surface area contributed by atoms with Crippen LogP contribution in [0.5, 0.6) is 0 Å². The normalized spacial score (nSPS) is 21.8. The Balaban J connectivity index is 1.05. The van der Waals surface area contributed by atoms with Crippen LogP contribution in [0.4, 0.5) is 9.59 Å². The number of likely N-dealkylation sites (tertiary alicyclic amines) is 2. The number of rotatable bonds is 9. The van der Waals surface area contributed by atoms with E-state index in [-0.39, 0.29) is 23.9 Å². The van der Waals surface area contributed by atoms with Gasteiger partial charge in [0, 0.05) is 24.2 Å². The van der Waals surface area contributed by atoms with Gasteiger partial charge in [-0.05, 0) is 80.0 Å². The molecule has 4 aliphatic heterocycles. The predicted molar refractivity (Wildman–Crippen MR) is 203 cm³/mol. The molecule has 6 atom stereocenters. The minimum atomic E-state index is -1.16. The van der Waals surface area contributed by atoms with E-state index in [1.807, 2.05) is 50.2 Å². The highest BCUT2D eigenvalue weighted by molar-refractivity contribution is 5.86. The molecule has 4 heterocycles. The van der Waals surface area contributed by atoms with E-state index < -0.39 is 36.7 Å². The number of aryl methyl sites for hydroxylation is 1. The highest BCUT2D eigenvalue weighted by atomic mass is 16.6. The van der Waals surface area contributed by atoms with Crippen LogP contribution in [0.1, 0.15) is 60.1 Å². The van der Waals surface area contributed by atoms with Crippen LogP contribution in [0.2, 0.25) is 0 Å². The van der Waals surface area contributed by atoms with Crippen molar-refractivity contribution in [3.63, 3.8) is 0 Å². The lowest BCUT2D eigenvalue weighted by atomic mass is 9.95. The van der Waals surface area contributed by atoms with Gasteiger partial charge in [-0.25, -0.2) is 9.59 Å². The van der Waals surface area contributed by atoms with Crippen molar-refractivity contribution in [3.8, 4) is 11.1 Å². The first-order chi connectivity index (χ1) is 27.1. The molecule has 4 aromatic carbocycles. The molecule has 4 amide bonds. The van der Waals surface area contributed by atoms with Gasteiger partial charge < -0.3 is 30.7 Å². The number of fused-ring (bicyclic) bond motifs is 2. The van der Waals surface area contributed by atoms with Crippen LogP contribution in [-0.4, -0.2) is 71.3 Å². The number of hydrogen-bond acceptors (Lipinski definition) is 10. The van der Waals surface area contributed by atoms with Crippen molar-refractivity contribution in [2.24, 2.45) is 31.4 Å². The average molecular weight is 755 g/mol. The molecule has 4 aliphatic rings. The molecule has 56 heavy (non-hydrogen) atoms. The highest BCUT2D eigenvalue weighted by Gasteiger charge is 2.41. The molecule has 8 rings (SSSR count). The highest BCUT2D eigenvalue weighted by Crippen LogP contribution is 2.32. The van der Waals surface area contributed by atoms with Crippen LogP contribution in [0, 0.1) is 13.8 Å². The summed E-state index contributed by atoms with van der Waals surface area (Å²) in [6.07, 6.45) is -2.46. The summed E-state index contributed by atoms with van der Waals surface area (Å²) in [6, 6.07) is 25.1. The third kappa shape index (κ3) is 6.86. The van der Waals surface area contributed by atoms with Crippen molar-refractivity contribution in [3.05, 3.63) is 129 Å². The molecule has 0 saturated carbocycles. The number of nitrogens with zero attached hydrogens (tertiary/aromatic N) is 6. The van der Waals surface area contributed by atoms with Crippen LogP contribution in [0.3, 0.4) is 0 Å². The summed E-state index contributed by atoms with van der Waals surface area (Å²) >= 11 is 0. The van der Waals surface area contributed by atoms with E-state index in [2.05, 4.69) is 0 Å². The molecule has 0 bridgehead atoms. The lowest BCUT2D eigenvalue weighted by molar-refractivity contribution is -0.142. The lowest BCUT2D eigenvalue weighted by Gasteiger charge is -2.29. The Hall–Kier alpha value is -6.44. The molecule has 0 spiro atoms. The maximum atomic E-state index is 13.9. The summed E-state index contributed by atoms with van der Waals surface area (Å²) in [6.45, 7) is 5.05. The summed E-state index contributed by atoms with van der Waals surface area (Å²) in [5.41, 5.74) is 15.8. The second-order valence-corrected chi connectivity index (χ2v) is 14.5. The first-order valence-corrected chi connectivity index (χ1v) is 18.8. The number of hydrogen-bond donors (Lipinski definition) is 2. The number of amides is 4. The van der Waals surface area contributed by atoms with Crippen molar-refractivity contribution in [2.45, 2.75) is 76.2 Å². The van der Waals surface area contributed by atoms with Crippen molar-refractivity contribution in [2.75, 3.05) is 13.1 Å². The summed E-state index contributed by atoms with van der Waals surface area (Å²) in [7, 11) is 0. The minimum Gasteiger partial charge on any atom is -0.431 e. The van der Waals surface area contributed by atoms with Gasteiger partial charge in [-0.15, -0.1) is 0 Å². The molecule has 14 nitrogen and oxygen atoms in total. The number of ether oxygens (including phenoxy) is 2. The third-order valence-corrected chi connectivity index (χ3v) is 11.0. The Labute approximate surface area is 322 Å². The number of nitrogens with two attached hydrogens (primary N) is 2. The first-order valence-electron chi connectivity index (χ1n) is 18.8. The van der Waals surface area contributed by atoms with Gasteiger partial charge in [0.15, 0.2) is 12.3 Å². The fraction of sp³-hybridized carbons (Fsp3) is 0.333. The van der Waals surface area contributed by atoms with Crippen molar-refractivity contribution >= 4 is 24.0 Å². The number of carbonyl (C=O) groups excluding carboxylic acids is 4. The van der Waals surface area contributed by atoms with Crippen LogP contribution >= 0.6 is 0 Å². The minimum absolute atomic E-state index is 0.311. The maximum Gasteiger partial charge on any atom is 0.405 e. The van der Waals surface area contributed by atoms with Gasteiger partial charge in [-0.3, -0.25) is 29.6 Å². The predicted octanol–water partition coefficient (Wildman–Crippen LogP) is 2.78. The molecule has 286 valence electrons. The Kier molecular flexibility index (Phi) is 9.79. The SMILES string of the molecule is Cc1cc2c(c(C)c1-c1ccc3c(c1)=NC(C1CCCN1C(=O)[C@H](OC(N)=O)c1ccccc1)N=3)=NC(C1CCCN1C(=O)[C@H](OC(N)=O)c1ccccc1)N=2. The van der Waals surface area contributed by atoms with E-state index in [0.717, 1.165) is 56.5 Å². The van der Waals surface area contributed by atoms with E-state index in [9.17, 15) is 19.2 Å². The van der Waals surface area contributed by atoms with E-state index in [0.29, 0.717) is 37.1 Å². The monoisotopic (exact) mass is 754 g/mol. The molecule has 14 heteroatoms. The van der Waals surface area contributed by atoms with E-state index in [4.69, 9.17) is 40.9 Å². The fourth-order valence-corrected chi connectivity index (χ4v) is 8.57. The van der Waals surface area contributed by atoms with E-state index >= 15 is 0 Å². The molecular weight excluding hydrogens is 713 g/mol. The van der Waals surface area contributed by atoms with Crippen LogP contribution in [-0.2, 0) is 19.1 Å². The Morgan fingerprint density at radius 1 is 0.643 bits per heavy atom. The lowest BCUT2D eigenvalue weighted by Crippen LogP contribution is -2.44. The molecule has 2 fully saturated rings. The van der Waals surface area contributed by atoms with E-state index in [1.165, 1.54) is 0 Å². The number of benzene rings is 4. The number of primary amides is 2. The third-order valence-electron chi connectivity index (χ3n) is 11.0. The standard InChI is InChI=1S/C42H42N8O6/c1-23-21-30-34(48-38(47-30)32-16-10-20-50(32)40(52)36(56-42(44)54)26-13-7-4-8-14-26)24(2)33(23)27-17-18-28-29(22-27)46-37(45-28)31-15-9-19-49(31)39(51)35(55-41(43)53)25-11-5-3-6-12-25/h3-8,11-14,17-18,21-22,31-32,35-38H,9-10,15-16,19-20H2,1-2H3,(H2,43,53)(H2,44,54)/t31?,32?,35-,36-,37?,38?/m1/s1. The Morgan fingerprint density at radius 2 is 1.14 bits per heavy atom. The molecule has 2 saturated heterocycles. The molecular formula is C42H42N8O6. The van der Waals surface area contributed by atoms with Crippen molar-refractivity contribution in [1.29, 1.82) is 0 Å². The molecule has 4 aromatic rings. The summed E-state index contributed by atoms with van der Waals surface area (Å²) in [5.74, 6) is -0.699. The zero-order chi connectivity index (χ0) is 39.1. The van der Waals surface area contributed by atoms with Crippen molar-refractivity contribution < 1.29 is 28.7 Å². The first kappa shape index (κ1) is 36.5.